The minimum Gasteiger partial charge on any atom is -0.338 e. The Morgan fingerprint density at radius 2 is 1.73 bits per heavy atom. The lowest BCUT2D eigenvalue weighted by atomic mass is 10.2. The summed E-state index contributed by atoms with van der Waals surface area (Å²) in [6.45, 7) is 0. The fourth-order valence-corrected chi connectivity index (χ4v) is 0.981. The Hall–Kier alpha value is -1.31. The van der Waals surface area contributed by atoms with Crippen LogP contribution in [-0.2, 0) is 4.79 Å². The zero-order valence-electron chi connectivity index (χ0n) is 5.37. The highest BCUT2D eigenvalue weighted by Crippen LogP contribution is 2.21. The van der Waals surface area contributed by atoms with E-state index in [1.54, 1.807) is 0 Å². The molecule has 1 aliphatic rings. The largest absolute Gasteiger partial charge is 0.338 e. The third-order valence-electron chi connectivity index (χ3n) is 1.60. The van der Waals surface area contributed by atoms with Crippen molar-refractivity contribution in [1.29, 1.82) is 0 Å². The van der Waals surface area contributed by atoms with Gasteiger partial charge in [0, 0.05) is 0 Å². The monoisotopic (exact) mass is 149 g/mol. The molecule has 1 unspecified atom stereocenters. The van der Waals surface area contributed by atoms with Gasteiger partial charge < -0.3 is 5.32 Å². The van der Waals surface area contributed by atoms with E-state index in [0.717, 1.165) is 5.56 Å². The maximum atomic E-state index is 10.6. The number of hydrogen-bond acceptors (Lipinski definition) is 1. The first-order valence-corrected chi connectivity index (χ1v) is 3.23. The van der Waals surface area contributed by atoms with Crippen molar-refractivity contribution in [1.82, 2.24) is 5.32 Å². The number of benzene rings is 1. The number of nitrogens with one attached hydrogen (secondary N) is 1. The SMILES string of the molecule is C.O=C1NC1c1ccccc1. The molecule has 0 radical (unpaired) electrons. The van der Waals surface area contributed by atoms with Crippen LogP contribution in [0.2, 0.25) is 0 Å². The molecule has 2 rings (SSSR count). The summed E-state index contributed by atoms with van der Waals surface area (Å²) in [5.41, 5.74) is 1.06. The van der Waals surface area contributed by atoms with E-state index in [0.29, 0.717) is 0 Å². The molecule has 1 atom stereocenters. The summed E-state index contributed by atoms with van der Waals surface area (Å²) in [7, 11) is 0. The Labute approximate surface area is 66.2 Å². The maximum absolute atomic E-state index is 10.6. The molecule has 1 aliphatic heterocycles. The van der Waals surface area contributed by atoms with Gasteiger partial charge in [-0.1, -0.05) is 37.8 Å². The first-order chi connectivity index (χ1) is 4.88. The summed E-state index contributed by atoms with van der Waals surface area (Å²) in [5.74, 6) is 0.131. The standard InChI is InChI=1S/C8H7NO.CH4/c10-8-7(9-8)6-4-2-1-3-5-6;/h1-5,7H,(H,9,10);1H4. The van der Waals surface area contributed by atoms with Crippen LogP contribution in [0.4, 0.5) is 0 Å². The van der Waals surface area contributed by atoms with E-state index in [9.17, 15) is 4.79 Å². The molecule has 1 amide bonds. The number of rotatable bonds is 1. The number of carbonyl (C=O) groups is 1. The molecule has 1 N–H and O–H groups in total. The molecule has 2 heteroatoms. The molecule has 0 saturated carbocycles. The Morgan fingerprint density at radius 3 is 2.18 bits per heavy atom. The Kier molecular flexibility index (Phi) is 1.94. The molecule has 2 nitrogen and oxygen atoms in total. The van der Waals surface area contributed by atoms with Crippen molar-refractivity contribution in [2.24, 2.45) is 0 Å². The van der Waals surface area contributed by atoms with Crippen LogP contribution in [-0.4, -0.2) is 5.91 Å². The smallest absolute Gasteiger partial charge is 0.248 e. The van der Waals surface area contributed by atoms with Crippen molar-refractivity contribution in [3.05, 3.63) is 35.9 Å². The lowest BCUT2D eigenvalue weighted by Gasteiger charge is -1.89. The minimum atomic E-state index is -0.0128. The molecule has 0 aromatic heterocycles. The lowest BCUT2D eigenvalue weighted by Crippen LogP contribution is -1.80. The maximum Gasteiger partial charge on any atom is 0.248 e. The van der Waals surface area contributed by atoms with Crippen LogP contribution in [0.25, 0.3) is 0 Å². The van der Waals surface area contributed by atoms with Crippen LogP contribution in [0.15, 0.2) is 30.3 Å². The second kappa shape index (κ2) is 2.74. The highest BCUT2D eigenvalue weighted by molar-refractivity contribution is 5.97. The Bertz CT molecular complexity index is 256. The molecule has 11 heavy (non-hydrogen) atoms. The fraction of sp³-hybridized carbons (Fsp3) is 0.222. The van der Waals surface area contributed by atoms with Gasteiger partial charge in [0.1, 0.15) is 6.04 Å². The molecule has 1 aromatic carbocycles. The highest BCUT2D eigenvalue weighted by atomic mass is 16.2. The quantitative estimate of drug-likeness (QED) is 0.604. The summed E-state index contributed by atoms with van der Waals surface area (Å²) < 4.78 is 0. The average molecular weight is 149 g/mol. The average Bonchev–Trinajstić information content (AvgIpc) is 2.69. The molecular weight excluding hydrogens is 138 g/mol. The van der Waals surface area contributed by atoms with E-state index < -0.39 is 0 Å². The van der Waals surface area contributed by atoms with E-state index in [-0.39, 0.29) is 19.4 Å². The van der Waals surface area contributed by atoms with Crippen molar-refractivity contribution in [2.75, 3.05) is 0 Å². The third kappa shape index (κ3) is 1.40. The van der Waals surface area contributed by atoms with E-state index in [1.165, 1.54) is 0 Å². The van der Waals surface area contributed by atoms with Crippen molar-refractivity contribution >= 4 is 5.91 Å². The van der Waals surface area contributed by atoms with Gasteiger partial charge in [-0.05, 0) is 5.56 Å². The van der Waals surface area contributed by atoms with Gasteiger partial charge in [0.25, 0.3) is 0 Å². The van der Waals surface area contributed by atoms with Crippen LogP contribution < -0.4 is 5.32 Å². The molecule has 1 heterocycles. The molecule has 0 bridgehead atoms. The number of amides is 1. The zero-order chi connectivity index (χ0) is 6.97. The van der Waals surface area contributed by atoms with Crippen molar-refractivity contribution in [2.45, 2.75) is 13.5 Å². The fourth-order valence-electron chi connectivity index (χ4n) is 0.981. The van der Waals surface area contributed by atoms with Crippen LogP contribution in [0, 0.1) is 0 Å². The predicted molar refractivity (Wildman–Crippen MR) is 44.1 cm³/mol. The van der Waals surface area contributed by atoms with E-state index in [2.05, 4.69) is 5.32 Å². The van der Waals surface area contributed by atoms with Gasteiger partial charge >= 0.3 is 0 Å². The first-order valence-electron chi connectivity index (χ1n) is 3.23. The van der Waals surface area contributed by atoms with Crippen LogP contribution in [0.3, 0.4) is 0 Å². The van der Waals surface area contributed by atoms with Crippen LogP contribution in [0.5, 0.6) is 0 Å². The van der Waals surface area contributed by atoms with Gasteiger partial charge in [-0.15, -0.1) is 0 Å². The zero-order valence-corrected chi connectivity index (χ0v) is 5.37. The van der Waals surface area contributed by atoms with Gasteiger partial charge in [-0.2, -0.15) is 0 Å². The summed E-state index contributed by atoms with van der Waals surface area (Å²) in [5, 5.41) is 2.71. The Balaban J connectivity index is 0.000000605. The van der Waals surface area contributed by atoms with E-state index in [4.69, 9.17) is 0 Å². The number of carbonyl (C=O) groups excluding carboxylic acids is 1. The molecule has 0 aliphatic carbocycles. The second-order valence-corrected chi connectivity index (χ2v) is 2.35. The molecular formula is C9H11NO. The number of hydrogen-bond donors (Lipinski definition) is 1. The summed E-state index contributed by atoms with van der Waals surface area (Å²) in [6, 6.07) is 9.69. The van der Waals surface area contributed by atoms with Gasteiger partial charge in [-0.3, -0.25) is 4.79 Å². The van der Waals surface area contributed by atoms with Crippen molar-refractivity contribution < 1.29 is 4.79 Å². The predicted octanol–water partition coefficient (Wildman–Crippen LogP) is 1.49. The van der Waals surface area contributed by atoms with E-state index in [1.807, 2.05) is 30.3 Å². The van der Waals surface area contributed by atoms with Crippen LogP contribution >= 0.6 is 0 Å². The van der Waals surface area contributed by atoms with Gasteiger partial charge in [0.05, 0.1) is 0 Å². The third-order valence-corrected chi connectivity index (χ3v) is 1.60. The summed E-state index contributed by atoms with van der Waals surface area (Å²) in [4.78, 5) is 10.6. The topological polar surface area (TPSA) is 39.0 Å². The van der Waals surface area contributed by atoms with Gasteiger partial charge in [-0.25, -0.2) is 0 Å². The molecule has 1 fully saturated rings. The molecule has 1 aromatic rings. The van der Waals surface area contributed by atoms with Crippen molar-refractivity contribution in [3.8, 4) is 0 Å². The second-order valence-electron chi connectivity index (χ2n) is 2.35. The molecule has 0 spiro atoms. The Morgan fingerprint density at radius 1 is 1.18 bits per heavy atom. The van der Waals surface area contributed by atoms with E-state index >= 15 is 0 Å². The van der Waals surface area contributed by atoms with Crippen LogP contribution in [0.1, 0.15) is 19.0 Å². The van der Waals surface area contributed by atoms with Crippen molar-refractivity contribution in [3.63, 3.8) is 0 Å². The minimum absolute atomic E-state index is 0. The molecule has 58 valence electrons. The summed E-state index contributed by atoms with van der Waals surface area (Å²) in [6.07, 6.45) is 0. The van der Waals surface area contributed by atoms with Gasteiger partial charge in [0.15, 0.2) is 0 Å². The summed E-state index contributed by atoms with van der Waals surface area (Å²) >= 11 is 0. The first kappa shape index (κ1) is 7.79. The molecule has 1 saturated heterocycles. The lowest BCUT2D eigenvalue weighted by molar-refractivity contribution is -0.111. The highest BCUT2D eigenvalue weighted by Gasteiger charge is 2.34. The normalized spacial score (nSPS) is 20.0. The van der Waals surface area contributed by atoms with Gasteiger partial charge in [0.2, 0.25) is 5.91 Å².